The van der Waals surface area contributed by atoms with Gasteiger partial charge < -0.3 is 19.5 Å². The van der Waals surface area contributed by atoms with Crippen LogP contribution in [-0.4, -0.2) is 48.2 Å². The number of esters is 1. The maximum Gasteiger partial charge on any atom is 0.407 e. The Morgan fingerprint density at radius 1 is 1.02 bits per heavy atom. The Bertz CT molecular complexity index is 1380. The lowest BCUT2D eigenvalue weighted by Crippen LogP contribution is -2.33. The predicted octanol–water partition coefficient (Wildman–Crippen LogP) is 6.25. The summed E-state index contributed by atoms with van der Waals surface area (Å²) in [5.74, 6) is 0.369. The largest absolute Gasteiger partial charge is 0.497 e. The van der Waals surface area contributed by atoms with E-state index in [4.69, 9.17) is 19.3 Å². The first-order valence-corrected chi connectivity index (χ1v) is 13.8. The van der Waals surface area contributed by atoms with Crippen LogP contribution in [0.2, 0.25) is 0 Å². The van der Waals surface area contributed by atoms with Crippen LogP contribution >= 0.6 is 0 Å². The molecular weight excluding hydrogens is 506 g/mol. The van der Waals surface area contributed by atoms with Crippen LogP contribution in [0.4, 0.5) is 4.79 Å². The molecule has 1 amide bonds. The van der Waals surface area contributed by atoms with Crippen LogP contribution in [0.25, 0.3) is 11.3 Å². The van der Waals surface area contributed by atoms with Crippen molar-refractivity contribution < 1.29 is 23.8 Å². The number of hydrogen-bond donors (Lipinski definition) is 1. The molecule has 1 aliphatic carbocycles. The number of rotatable bonds is 7. The van der Waals surface area contributed by atoms with Crippen LogP contribution in [0, 0.1) is 0 Å². The molecule has 8 nitrogen and oxygen atoms in total. The fourth-order valence-electron chi connectivity index (χ4n) is 5.13. The van der Waals surface area contributed by atoms with Gasteiger partial charge in [0, 0.05) is 30.1 Å². The van der Waals surface area contributed by atoms with E-state index in [1.165, 1.54) is 18.2 Å². The topological polar surface area (TPSA) is 91.7 Å². The minimum absolute atomic E-state index is 0.0153. The molecule has 0 fully saturated rings. The van der Waals surface area contributed by atoms with E-state index in [1.54, 1.807) is 11.8 Å². The lowest BCUT2D eigenvalue weighted by Gasteiger charge is -2.27. The molecular formula is C32H41N3O5. The van der Waals surface area contributed by atoms with Crippen LogP contribution in [0.1, 0.15) is 86.6 Å². The predicted molar refractivity (Wildman–Crippen MR) is 155 cm³/mol. The van der Waals surface area contributed by atoms with Gasteiger partial charge in [-0.1, -0.05) is 45.0 Å². The monoisotopic (exact) mass is 547 g/mol. The van der Waals surface area contributed by atoms with Crippen molar-refractivity contribution in [3.63, 3.8) is 0 Å². The highest BCUT2D eigenvalue weighted by atomic mass is 16.6. The number of methoxy groups -OCH3 is 2. The zero-order valence-electron chi connectivity index (χ0n) is 24.9. The Balaban J connectivity index is 1.69. The van der Waals surface area contributed by atoms with Crippen molar-refractivity contribution in [2.75, 3.05) is 20.8 Å². The van der Waals surface area contributed by atoms with Gasteiger partial charge in [-0.15, -0.1) is 0 Å². The molecule has 0 saturated heterocycles. The summed E-state index contributed by atoms with van der Waals surface area (Å²) in [6, 6.07) is 14.8. The SMILES string of the molecule is COC(=O)c1c2c(nn1CCCNC(=O)OC(C)(C)C)-c1ccc(OC)cc1C(c1ccc(C(C)(C)C)cc1)C2. The molecule has 1 heterocycles. The second-order valence-corrected chi connectivity index (χ2v) is 12.3. The molecule has 0 bridgehead atoms. The number of nitrogens with zero attached hydrogens (tertiary/aromatic N) is 2. The van der Waals surface area contributed by atoms with Crippen molar-refractivity contribution in [2.24, 2.45) is 0 Å². The highest BCUT2D eigenvalue weighted by molar-refractivity contribution is 5.92. The molecule has 0 radical (unpaired) electrons. The number of hydrogen-bond acceptors (Lipinski definition) is 6. The summed E-state index contributed by atoms with van der Waals surface area (Å²) < 4.78 is 17.8. The summed E-state index contributed by atoms with van der Waals surface area (Å²) in [7, 11) is 3.05. The second kappa shape index (κ2) is 11.4. The van der Waals surface area contributed by atoms with E-state index in [0.717, 1.165) is 28.1 Å². The van der Waals surface area contributed by atoms with E-state index in [2.05, 4.69) is 56.4 Å². The first kappa shape index (κ1) is 29.2. The van der Waals surface area contributed by atoms with Crippen molar-refractivity contribution in [3.8, 4) is 17.0 Å². The van der Waals surface area contributed by atoms with Gasteiger partial charge >= 0.3 is 12.1 Å². The molecule has 0 aliphatic heterocycles. The number of aromatic nitrogens is 2. The summed E-state index contributed by atoms with van der Waals surface area (Å²) in [4.78, 5) is 25.1. The molecule has 1 N–H and O–H groups in total. The summed E-state index contributed by atoms with van der Waals surface area (Å²) in [5.41, 5.74) is 6.10. The zero-order valence-corrected chi connectivity index (χ0v) is 24.9. The molecule has 1 aromatic heterocycles. The van der Waals surface area contributed by atoms with Crippen LogP contribution < -0.4 is 10.1 Å². The molecule has 214 valence electrons. The maximum absolute atomic E-state index is 13.1. The summed E-state index contributed by atoms with van der Waals surface area (Å²) in [5, 5.41) is 7.67. The Kier molecular flexibility index (Phi) is 8.28. The average Bonchev–Trinajstić information content (AvgIpc) is 3.26. The molecule has 40 heavy (non-hydrogen) atoms. The highest BCUT2D eigenvalue weighted by Crippen LogP contribution is 2.45. The number of carbonyl (C=O) groups is 2. The number of nitrogens with one attached hydrogen (secondary N) is 1. The van der Waals surface area contributed by atoms with Gasteiger partial charge in [0.05, 0.1) is 19.9 Å². The number of amides is 1. The normalized spacial score (nSPS) is 14.7. The van der Waals surface area contributed by atoms with Gasteiger partial charge in [-0.3, -0.25) is 4.68 Å². The third kappa shape index (κ3) is 6.32. The third-order valence-electron chi connectivity index (χ3n) is 7.12. The van der Waals surface area contributed by atoms with Crippen LogP contribution in [0.3, 0.4) is 0 Å². The number of carbonyl (C=O) groups excluding carboxylic acids is 2. The quantitative estimate of drug-likeness (QED) is 0.278. The number of ether oxygens (including phenoxy) is 3. The van der Waals surface area contributed by atoms with Gasteiger partial charge in [0.2, 0.25) is 0 Å². The van der Waals surface area contributed by atoms with Crippen LogP contribution in [0.5, 0.6) is 5.75 Å². The van der Waals surface area contributed by atoms with Gasteiger partial charge in [0.1, 0.15) is 17.0 Å². The molecule has 0 spiro atoms. The zero-order chi connectivity index (χ0) is 29.2. The van der Waals surface area contributed by atoms with Crippen LogP contribution in [-0.2, 0) is 27.9 Å². The molecule has 2 aromatic carbocycles. The lowest BCUT2D eigenvalue weighted by molar-refractivity contribution is 0.0522. The highest BCUT2D eigenvalue weighted by Gasteiger charge is 2.34. The molecule has 1 atom stereocenters. The molecule has 3 aromatic rings. The van der Waals surface area contributed by atoms with E-state index in [1.807, 2.05) is 32.9 Å². The van der Waals surface area contributed by atoms with E-state index >= 15 is 0 Å². The van der Waals surface area contributed by atoms with Gasteiger partial charge in [-0.2, -0.15) is 5.10 Å². The second-order valence-electron chi connectivity index (χ2n) is 12.3. The Labute approximate surface area is 237 Å². The molecule has 1 aliphatic rings. The van der Waals surface area contributed by atoms with Crippen LogP contribution in [0.15, 0.2) is 42.5 Å². The Morgan fingerprint density at radius 3 is 2.33 bits per heavy atom. The Hall–Kier alpha value is -3.81. The van der Waals surface area contributed by atoms with Crippen molar-refractivity contribution >= 4 is 12.1 Å². The van der Waals surface area contributed by atoms with Gasteiger partial charge in [0.15, 0.2) is 0 Å². The van der Waals surface area contributed by atoms with E-state index in [0.29, 0.717) is 31.6 Å². The van der Waals surface area contributed by atoms with Gasteiger partial charge in [0.25, 0.3) is 0 Å². The minimum Gasteiger partial charge on any atom is -0.497 e. The Morgan fingerprint density at radius 2 is 1.73 bits per heavy atom. The summed E-state index contributed by atoms with van der Waals surface area (Å²) in [6.07, 6.45) is 0.700. The fraction of sp³-hybridized carbons (Fsp3) is 0.469. The average molecular weight is 548 g/mol. The minimum atomic E-state index is -0.567. The molecule has 0 saturated carbocycles. The lowest BCUT2D eigenvalue weighted by atomic mass is 9.76. The number of benzene rings is 2. The van der Waals surface area contributed by atoms with E-state index < -0.39 is 17.7 Å². The first-order chi connectivity index (χ1) is 18.8. The van der Waals surface area contributed by atoms with E-state index in [-0.39, 0.29) is 11.3 Å². The van der Waals surface area contributed by atoms with Crippen molar-refractivity contribution in [1.82, 2.24) is 15.1 Å². The summed E-state index contributed by atoms with van der Waals surface area (Å²) >= 11 is 0. The number of alkyl carbamates (subject to hydrolysis) is 1. The summed E-state index contributed by atoms with van der Waals surface area (Å²) in [6.45, 7) is 12.9. The smallest absolute Gasteiger partial charge is 0.407 e. The fourth-order valence-corrected chi connectivity index (χ4v) is 5.13. The number of fused-ring (bicyclic) bond motifs is 3. The van der Waals surface area contributed by atoms with E-state index in [9.17, 15) is 9.59 Å². The van der Waals surface area contributed by atoms with Gasteiger partial charge in [-0.05, 0) is 73.9 Å². The molecule has 8 heteroatoms. The third-order valence-corrected chi connectivity index (χ3v) is 7.12. The standard InChI is InChI=1S/C32H41N3O5/c1-31(2,3)21-12-10-20(11-13-21)24-19-26-27(23-15-14-22(38-7)18-25(23)24)34-35(28(26)29(36)39-8)17-9-16-33-30(37)40-32(4,5)6/h10-15,18,24H,9,16-17,19H2,1-8H3,(H,33,37). The molecule has 1 unspecified atom stereocenters. The maximum atomic E-state index is 13.1. The first-order valence-electron chi connectivity index (χ1n) is 13.8. The number of aryl methyl sites for hydroxylation is 1. The van der Waals surface area contributed by atoms with Gasteiger partial charge in [-0.25, -0.2) is 9.59 Å². The van der Waals surface area contributed by atoms with Crippen molar-refractivity contribution in [3.05, 3.63) is 70.4 Å². The van der Waals surface area contributed by atoms with Crippen molar-refractivity contribution in [2.45, 2.75) is 77.9 Å². The van der Waals surface area contributed by atoms with Crippen molar-refractivity contribution in [1.29, 1.82) is 0 Å². The molecule has 4 rings (SSSR count).